The Bertz CT molecular complexity index is 5160. The summed E-state index contributed by atoms with van der Waals surface area (Å²) in [6.07, 6.45) is 7.74. The summed E-state index contributed by atoms with van der Waals surface area (Å²) in [5.74, 6) is 4.02. The molecule has 0 aliphatic rings. The molecule has 634 valence electrons. The van der Waals surface area contributed by atoms with E-state index in [1.165, 1.54) is 80.4 Å². The van der Waals surface area contributed by atoms with E-state index in [0.717, 1.165) is 114 Å². The van der Waals surface area contributed by atoms with Gasteiger partial charge in [-0.25, -0.2) is 13.2 Å². The lowest BCUT2D eigenvalue weighted by Crippen LogP contribution is -2.14. The quantitative estimate of drug-likeness (QED) is 0.0210. The maximum atomic E-state index is 13.4. The van der Waals surface area contributed by atoms with Crippen molar-refractivity contribution in [3.8, 4) is 28.7 Å². The average Bonchev–Trinajstić information content (AvgIpc) is 0.860. The van der Waals surface area contributed by atoms with Crippen molar-refractivity contribution in [2.24, 2.45) is 40.1 Å². The third-order valence-electron chi connectivity index (χ3n) is 19.9. The van der Waals surface area contributed by atoms with Gasteiger partial charge in [0.1, 0.15) is 52.3 Å². The van der Waals surface area contributed by atoms with E-state index in [-0.39, 0.29) is 35.4 Å². The van der Waals surface area contributed by atoms with Crippen LogP contribution in [0.25, 0.3) is 0 Å². The molecule has 15 heteroatoms. The predicted octanol–water partition coefficient (Wildman–Crippen LogP) is 22.5. The zero-order valence-electron chi connectivity index (χ0n) is 70.2. The molecular formula is C107H119ClF3N7O4. The Labute approximate surface area is 726 Å². The lowest BCUT2D eigenvalue weighted by Gasteiger charge is -2.19. The van der Waals surface area contributed by atoms with Gasteiger partial charge in [0.2, 0.25) is 0 Å². The van der Waals surface area contributed by atoms with Gasteiger partial charge in [0, 0.05) is 35.3 Å². The van der Waals surface area contributed by atoms with Gasteiger partial charge < -0.3 is 59.1 Å². The van der Waals surface area contributed by atoms with Gasteiger partial charge in [-0.15, -0.1) is 0 Å². The number of hydrogen-bond acceptors (Lipinski definition) is 11. The first-order chi connectivity index (χ1) is 59.7. The van der Waals surface area contributed by atoms with E-state index in [1.807, 2.05) is 195 Å². The molecule has 14 rings (SSSR count). The number of hydrogen-bond donors (Lipinski definition) is 7. The van der Waals surface area contributed by atoms with Gasteiger partial charge in [-0.3, -0.25) is 0 Å². The molecule has 0 spiro atoms. The highest BCUT2D eigenvalue weighted by Crippen LogP contribution is 2.34. The van der Waals surface area contributed by atoms with Crippen molar-refractivity contribution in [1.29, 1.82) is 0 Å². The van der Waals surface area contributed by atoms with Gasteiger partial charge in [-0.05, 0) is 273 Å². The predicted molar refractivity (Wildman–Crippen MR) is 500 cm³/mol. The van der Waals surface area contributed by atoms with Gasteiger partial charge in [-0.2, -0.15) is 0 Å². The Balaban J connectivity index is 0.000000177. The molecule has 0 aliphatic heterocycles. The van der Waals surface area contributed by atoms with Crippen LogP contribution < -0.4 is 59.1 Å². The highest BCUT2D eigenvalue weighted by molar-refractivity contribution is 6.30. The van der Waals surface area contributed by atoms with Crippen molar-refractivity contribution in [2.75, 3.05) is 59.5 Å². The molecule has 11 nitrogen and oxygen atoms in total. The van der Waals surface area contributed by atoms with E-state index >= 15 is 0 Å². The van der Waals surface area contributed by atoms with E-state index in [0.29, 0.717) is 64.0 Å². The number of ether oxygens (including phenoxy) is 4. The molecule has 14 N–H and O–H groups in total. The van der Waals surface area contributed by atoms with Crippen LogP contribution in [0.5, 0.6) is 28.7 Å². The molecule has 0 aromatic heterocycles. The summed E-state index contributed by atoms with van der Waals surface area (Å²) >= 11 is 6.08. The molecule has 0 saturated carbocycles. The van der Waals surface area contributed by atoms with Crippen molar-refractivity contribution >= 4 is 11.6 Å². The minimum atomic E-state index is -0.299. The smallest absolute Gasteiger partial charge is 0.130 e. The number of benzene rings is 14. The normalized spacial score (nSPS) is 11.4. The summed E-state index contributed by atoms with van der Waals surface area (Å²) in [5, 5.41) is 0.752. The molecule has 0 amide bonds. The second kappa shape index (κ2) is 55.8. The fraction of sp³-hybridized carbons (Fsp3) is 0.215. The molecule has 0 saturated heterocycles. The van der Waals surface area contributed by atoms with Crippen LogP contribution in [0.1, 0.15) is 128 Å². The third-order valence-corrected chi connectivity index (χ3v) is 20.1. The minimum absolute atomic E-state index is 0.0936. The molecule has 4 unspecified atom stereocenters. The topological polar surface area (TPSA) is 219 Å². The van der Waals surface area contributed by atoms with Crippen molar-refractivity contribution in [3.05, 3.63) is 470 Å². The maximum absolute atomic E-state index is 13.4. The fourth-order valence-electron chi connectivity index (χ4n) is 13.9. The molecule has 122 heavy (non-hydrogen) atoms. The highest BCUT2D eigenvalue weighted by Gasteiger charge is 2.18. The number of para-hydroxylation sites is 2. The van der Waals surface area contributed by atoms with Crippen LogP contribution >= 0.6 is 11.6 Å². The number of nitrogens with two attached hydrogens (primary N) is 7. The van der Waals surface area contributed by atoms with Crippen LogP contribution in [-0.2, 0) is 38.5 Å². The zero-order valence-corrected chi connectivity index (χ0v) is 71.0. The Hall–Kier alpha value is -11.9. The standard InChI is InChI=1S/C17H20FNO.C16H18ClNO.C15H16FNO.C15H16FN.2C15H17N.C14H15NO/c1-2-20-16-8-4-6-14(12-16)17(9-10-19)13-5-3-7-15(18)11-13;1-19-15-7-3-5-13(11-15)16(8-9-18)12-4-2-6-14(17)10-12;16-13-7-4-8-14(11-13)18-15(9-10-17)12-5-2-1-3-6-12;16-15-7-5-12(6-8-15)11-14-4-2-1-3-13(14)9-10-17;16-12-15(14-9-5-2-6-10-14)11-13-7-3-1-4-8-13;16-10-9-14-7-4-8-15(12-14)11-13-5-2-1-3-6-13;15-11-10-12-6-4-5-9-14(12)16-13-7-2-1-3-8-13/h3-8,11-12,17H,2,9-10,19H2,1H3;2-7,10-11,16H,8-9,18H2,1H3;1-8,11,15H,9-10,17H2;1-8H,9-11,17H2;1-10,15H,11-12,16H2;1-8,12H,9-11,16H2;1-9H,10-11,15H2. The van der Waals surface area contributed by atoms with Crippen LogP contribution in [0.4, 0.5) is 13.2 Å². The number of halogens is 4. The molecule has 4 atom stereocenters. The second-order valence-corrected chi connectivity index (χ2v) is 29.4. The molecule has 14 aromatic carbocycles. The van der Waals surface area contributed by atoms with Gasteiger partial charge in [0.25, 0.3) is 0 Å². The Morgan fingerprint density at radius 2 is 0.746 bits per heavy atom. The Morgan fingerprint density at radius 1 is 0.311 bits per heavy atom. The Kier molecular flexibility index (Phi) is 43.7. The van der Waals surface area contributed by atoms with E-state index in [9.17, 15) is 13.2 Å². The Morgan fingerprint density at radius 3 is 1.31 bits per heavy atom. The zero-order chi connectivity index (χ0) is 86.6. The van der Waals surface area contributed by atoms with Crippen molar-refractivity contribution in [1.82, 2.24) is 0 Å². The average molecular weight is 1660 g/mol. The monoisotopic (exact) mass is 1660 g/mol. The summed E-state index contributed by atoms with van der Waals surface area (Å²) in [4.78, 5) is 0. The lowest BCUT2D eigenvalue weighted by molar-refractivity contribution is 0.197. The summed E-state index contributed by atoms with van der Waals surface area (Å²) in [6.45, 7) is 6.99. The summed E-state index contributed by atoms with van der Waals surface area (Å²) in [5.41, 5.74) is 56.7. The first kappa shape index (κ1) is 95.6. The van der Waals surface area contributed by atoms with Gasteiger partial charge >= 0.3 is 0 Å². The first-order valence-electron chi connectivity index (χ1n) is 41.8. The van der Waals surface area contributed by atoms with E-state index < -0.39 is 0 Å². The fourth-order valence-corrected chi connectivity index (χ4v) is 14.1. The summed E-state index contributed by atoms with van der Waals surface area (Å²) < 4.78 is 61.8. The molecule has 14 aromatic rings. The summed E-state index contributed by atoms with van der Waals surface area (Å²) in [7, 11) is 1.68. The van der Waals surface area contributed by atoms with Gasteiger partial charge in [0.15, 0.2) is 0 Å². The van der Waals surface area contributed by atoms with Crippen LogP contribution in [0.3, 0.4) is 0 Å². The SMILES string of the molecule is CCOc1cccc(C(CCN)c2cccc(F)c2)c1.COc1cccc(C(CCN)c2cccc(Cl)c2)c1.NCC(Cc1ccccc1)c1ccccc1.NCCC(Oc1cccc(F)c1)c1ccccc1.NCCc1cccc(Cc2ccccc2)c1.NCCc1ccccc1Cc1ccc(F)cc1.NCCc1ccccc1Oc1ccccc1. The van der Waals surface area contributed by atoms with Gasteiger partial charge in [-0.1, -0.05) is 285 Å². The molecular weight excluding hydrogens is 1540 g/mol. The van der Waals surface area contributed by atoms with Crippen LogP contribution in [-0.4, -0.2) is 59.5 Å². The maximum Gasteiger partial charge on any atom is 0.130 e. The first-order valence-corrected chi connectivity index (χ1v) is 42.2. The third kappa shape index (κ3) is 34.7. The largest absolute Gasteiger partial charge is 0.497 e. The minimum Gasteiger partial charge on any atom is -0.497 e. The van der Waals surface area contributed by atoms with Crippen LogP contribution in [0.2, 0.25) is 5.02 Å². The second-order valence-electron chi connectivity index (χ2n) is 28.9. The molecule has 0 heterocycles. The highest BCUT2D eigenvalue weighted by atomic mass is 35.5. The number of methoxy groups -OCH3 is 1. The summed E-state index contributed by atoms with van der Waals surface area (Å²) in [6, 6.07) is 120. The van der Waals surface area contributed by atoms with E-state index in [4.69, 9.17) is 70.7 Å². The lowest BCUT2D eigenvalue weighted by atomic mass is 9.88. The molecule has 0 aliphatic carbocycles. The van der Waals surface area contributed by atoms with Crippen molar-refractivity contribution in [2.45, 2.75) is 88.6 Å². The van der Waals surface area contributed by atoms with Crippen molar-refractivity contribution in [3.63, 3.8) is 0 Å². The van der Waals surface area contributed by atoms with Crippen molar-refractivity contribution < 1.29 is 32.1 Å². The van der Waals surface area contributed by atoms with Gasteiger partial charge in [0.05, 0.1) is 13.7 Å². The number of rotatable bonds is 32. The van der Waals surface area contributed by atoms with E-state index in [2.05, 4.69) is 127 Å². The van der Waals surface area contributed by atoms with Crippen LogP contribution in [0, 0.1) is 17.5 Å². The molecule has 0 bridgehead atoms. The van der Waals surface area contributed by atoms with E-state index in [1.54, 1.807) is 31.4 Å². The molecule has 0 fully saturated rings. The molecule has 0 radical (unpaired) electrons. The van der Waals surface area contributed by atoms with Crippen LogP contribution in [0.15, 0.2) is 370 Å².